The number of allylic oxidation sites excluding steroid dienone is 3. The second kappa shape index (κ2) is 8.41. The Bertz CT molecular complexity index is 1120. The smallest absolute Gasteiger partial charge is 0.265 e. The minimum atomic E-state index is -1.59. The Morgan fingerprint density at radius 2 is 1.32 bits per heavy atom. The first-order valence-electron chi connectivity index (χ1n) is 9.46. The molecule has 1 fully saturated rings. The van der Waals surface area contributed by atoms with E-state index in [0.717, 1.165) is 11.4 Å². The molecule has 0 radical (unpaired) electrons. The molecule has 4 rings (SSSR count). The largest absolute Gasteiger partial charge is 0.303 e. The Morgan fingerprint density at radius 1 is 0.839 bits per heavy atom. The summed E-state index contributed by atoms with van der Waals surface area (Å²) in [4.78, 5) is 30.0. The number of likely N-dealkylation sites (N-methyl/N-ethyl adjacent to an activating group) is 2. The predicted molar refractivity (Wildman–Crippen MR) is 126 cm³/mol. The van der Waals surface area contributed by atoms with Crippen LogP contribution in [0.5, 0.6) is 0 Å². The van der Waals surface area contributed by atoms with Gasteiger partial charge in [-0.1, -0.05) is 36.4 Å². The molecule has 0 aliphatic carbocycles. The minimum absolute atomic E-state index is 0.0705. The van der Waals surface area contributed by atoms with Crippen LogP contribution in [0.2, 0.25) is 0 Å². The summed E-state index contributed by atoms with van der Waals surface area (Å²) in [6.45, 7) is 0. The van der Waals surface area contributed by atoms with Crippen LogP contribution in [0.1, 0.15) is 0 Å². The highest BCUT2D eigenvalue weighted by Crippen LogP contribution is 2.35. The lowest BCUT2D eigenvalue weighted by Gasteiger charge is -2.31. The molecule has 2 amide bonds. The number of amides is 2. The number of nitrogens with zero attached hydrogens (tertiary/aromatic N) is 3. The molecule has 0 saturated carbocycles. The third-order valence-electron chi connectivity index (χ3n) is 4.97. The van der Waals surface area contributed by atoms with Gasteiger partial charge in [0.1, 0.15) is 21.4 Å². The van der Waals surface area contributed by atoms with Crippen molar-refractivity contribution in [1.82, 2.24) is 9.80 Å². The predicted octanol–water partition coefficient (Wildman–Crippen LogP) is 3.45. The molecule has 1 atom stereocenters. The highest BCUT2D eigenvalue weighted by Gasteiger charge is 2.36. The Labute approximate surface area is 188 Å². The first-order chi connectivity index (χ1) is 14.9. The van der Waals surface area contributed by atoms with Gasteiger partial charge in [0, 0.05) is 30.4 Å². The van der Waals surface area contributed by atoms with Crippen LogP contribution >= 0.6 is 12.2 Å². The van der Waals surface area contributed by atoms with Crippen LogP contribution in [-0.4, -0.2) is 45.0 Å². The average Bonchev–Trinajstić information content (AvgIpc) is 3.15. The molecule has 156 valence electrons. The molecule has 6 nitrogen and oxygen atoms in total. The molecule has 0 spiro atoms. The van der Waals surface area contributed by atoms with Crippen molar-refractivity contribution < 1.29 is 13.8 Å². The number of hydrogen-bond acceptors (Lipinski definition) is 5. The van der Waals surface area contributed by atoms with E-state index in [1.54, 1.807) is 12.2 Å². The third kappa shape index (κ3) is 3.75. The first-order valence-corrected chi connectivity index (χ1v) is 11.0. The number of hydrogen-bond donors (Lipinski definition) is 0. The van der Waals surface area contributed by atoms with Gasteiger partial charge >= 0.3 is 0 Å². The van der Waals surface area contributed by atoms with Gasteiger partial charge in [0.2, 0.25) is 0 Å². The van der Waals surface area contributed by atoms with E-state index < -0.39 is 22.6 Å². The monoisotopic (exact) mass is 449 g/mol. The lowest BCUT2D eigenvalue weighted by Crippen LogP contribution is -2.52. The van der Waals surface area contributed by atoms with E-state index in [9.17, 15) is 13.8 Å². The van der Waals surface area contributed by atoms with Crippen LogP contribution in [0, 0.1) is 0 Å². The number of benzene rings is 2. The van der Waals surface area contributed by atoms with Crippen molar-refractivity contribution in [2.45, 2.75) is 0 Å². The molecule has 2 aliphatic heterocycles. The number of para-hydroxylation sites is 2. The molecule has 2 aliphatic rings. The van der Waals surface area contributed by atoms with Crippen molar-refractivity contribution in [2.24, 2.45) is 0 Å². The van der Waals surface area contributed by atoms with Gasteiger partial charge in [0.05, 0.1) is 0 Å². The van der Waals surface area contributed by atoms with Crippen LogP contribution in [0.4, 0.5) is 11.4 Å². The van der Waals surface area contributed by atoms with E-state index in [0.29, 0.717) is 9.93 Å². The molecule has 1 unspecified atom stereocenters. The standard InChI is InChI=1S/C23H19N3O3S2/c1-24-21(27)19(22(28)25(2)23(24)30)15-18-13-14-20(31(18)29)26(16-9-5-3-6-10-16)17-11-7-4-8-12-17/h3-15H,1-2H3. The lowest BCUT2D eigenvalue weighted by molar-refractivity contribution is -0.132. The Kier molecular flexibility index (Phi) is 5.67. The van der Waals surface area contributed by atoms with E-state index in [2.05, 4.69) is 0 Å². The number of rotatable bonds is 4. The Balaban J connectivity index is 1.69. The summed E-state index contributed by atoms with van der Waals surface area (Å²) in [5, 5.41) is 0.670. The summed E-state index contributed by atoms with van der Waals surface area (Å²) in [5.74, 6) is -1.02. The summed E-state index contributed by atoms with van der Waals surface area (Å²) in [7, 11) is 1.43. The summed E-state index contributed by atoms with van der Waals surface area (Å²) in [5.41, 5.74) is 1.63. The average molecular weight is 450 g/mol. The molecule has 31 heavy (non-hydrogen) atoms. The van der Waals surface area contributed by atoms with Crippen LogP contribution in [0.15, 0.2) is 94.4 Å². The second-order valence-corrected chi connectivity index (χ2v) is 8.71. The summed E-state index contributed by atoms with van der Waals surface area (Å²) < 4.78 is 13.4. The van der Waals surface area contributed by atoms with Gasteiger partial charge < -0.3 is 4.90 Å². The zero-order valence-electron chi connectivity index (χ0n) is 16.9. The Morgan fingerprint density at radius 3 is 1.81 bits per heavy atom. The molecular formula is C23H19N3O3S2. The van der Waals surface area contributed by atoms with E-state index in [1.165, 1.54) is 30.0 Å². The fourth-order valence-electron chi connectivity index (χ4n) is 3.33. The zero-order chi connectivity index (χ0) is 22.1. The number of carbonyl (C=O) groups excluding carboxylic acids is 2. The van der Waals surface area contributed by atoms with Gasteiger partial charge in [-0.05, 0) is 54.7 Å². The zero-order valence-corrected chi connectivity index (χ0v) is 18.5. The van der Waals surface area contributed by atoms with Gasteiger partial charge in [-0.3, -0.25) is 19.4 Å². The van der Waals surface area contributed by atoms with Gasteiger partial charge in [-0.2, -0.15) is 0 Å². The molecule has 0 N–H and O–H groups in total. The van der Waals surface area contributed by atoms with Crippen molar-refractivity contribution in [3.63, 3.8) is 0 Å². The van der Waals surface area contributed by atoms with E-state index >= 15 is 0 Å². The quantitative estimate of drug-likeness (QED) is 0.407. The van der Waals surface area contributed by atoms with Crippen molar-refractivity contribution in [2.75, 3.05) is 19.0 Å². The summed E-state index contributed by atoms with van der Waals surface area (Å²) >= 11 is 5.12. The first kappa shape index (κ1) is 20.9. The molecule has 0 aromatic heterocycles. The second-order valence-electron chi connectivity index (χ2n) is 6.92. The number of thiocarbonyl (C=S) groups is 1. The van der Waals surface area contributed by atoms with Gasteiger partial charge in [-0.25, -0.2) is 4.21 Å². The highest BCUT2D eigenvalue weighted by molar-refractivity contribution is 7.93. The van der Waals surface area contributed by atoms with Crippen molar-refractivity contribution in [3.8, 4) is 0 Å². The van der Waals surface area contributed by atoms with Crippen LogP contribution < -0.4 is 4.90 Å². The normalized spacial score (nSPS) is 18.8. The molecule has 2 heterocycles. The minimum Gasteiger partial charge on any atom is -0.303 e. The van der Waals surface area contributed by atoms with Crippen LogP contribution in [0.3, 0.4) is 0 Å². The van der Waals surface area contributed by atoms with E-state index in [-0.39, 0.29) is 10.7 Å². The van der Waals surface area contributed by atoms with Crippen molar-refractivity contribution >= 4 is 51.3 Å². The Hall–Kier alpha value is -3.36. The molecular weight excluding hydrogens is 430 g/mol. The maximum absolute atomic E-state index is 13.4. The van der Waals surface area contributed by atoms with E-state index in [1.807, 2.05) is 65.6 Å². The van der Waals surface area contributed by atoms with Gasteiger partial charge in [0.25, 0.3) is 11.8 Å². The molecule has 8 heteroatoms. The molecule has 2 aromatic carbocycles. The SMILES string of the molecule is CN1C(=O)C(=CC2=CC=C(N(c3ccccc3)c3ccccc3)S2=O)C(=O)N(C)C1=S. The fourth-order valence-corrected chi connectivity index (χ4v) is 4.72. The maximum Gasteiger partial charge on any atom is 0.265 e. The van der Waals surface area contributed by atoms with Crippen molar-refractivity contribution in [3.05, 3.63) is 94.4 Å². The van der Waals surface area contributed by atoms with E-state index in [4.69, 9.17) is 12.2 Å². The fraction of sp³-hybridized carbons (Fsp3) is 0.0870. The van der Waals surface area contributed by atoms with Crippen LogP contribution in [0.25, 0.3) is 0 Å². The number of anilines is 2. The number of carbonyl (C=O) groups is 2. The van der Waals surface area contributed by atoms with Crippen LogP contribution in [-0.2, 0) is 20.4 Å². The molecule has 1 saturated heterocycles. The lowest BCUT2D eigenvalue weighted by atomic mass is 10.1. The van der Waals surface area contributed by atoms with Gasteiger partial charge in [0.15, 0.2) is 5.11 Å². The van der Waals surface area contributed by atoms with Gasteiger partial charge in [-0.15, -0.1) is 0 Å². The molecule has 2 aromatic rings. The summed E-state index contributed by atoms with van der Waals surface area (Å²) in [6.07, 6.45) is 4.82. The third-order valence-corrected chi connectivity index (χ3v) is 6.90. The summed E-state index contributed by atoms with van der Waals surface area (Å²) in [6, 6.07) is 19.2. The maximum atomic E-state index is 13.4. The molecule has 0 bridgehead atoms. The highest BCUT2D eigenvalue weighted by atomic mass is 32.2. The topological polar surface area (TPSA) is 60.9 Å². The van der Waals surface area contributed by atoms with Crippen molar-refractivity contribution in [1.29, 1.82) is 0 Å².